The first-order chi connectivity index (χ1) is 12.5. The van der Waals surface area contributed by atoms with Crippen molar-refractivity contribution in [3.05, 3.63) is 36.3 Å². The lowest BCUT2D eigenvalue weighted by Gasteiger charge is -2.18. The van der Waals surface area contributed by atoms with Crippen LogP contribution in [0.25, 0.3) is 10.9 Å². The van der Waals surface area contributed by atoms with Crippen LogP contribution < -0.4 is 16.0 Å². The predicted molar refractivity (Wildman–Crippen MR) is 102 cm³/mol. The molecule has 0 spiro atoms. The Kier molecular flexibility index (Phi) is 5.01. The van der Waals surface area contributed by atoms with Crippen LogP contribution >= 0.6 is 0 Å². The number of cyclic esters (lactones) is 1. The monoisotopic (exact) mass is 354 g/mol. The van der Waals surface area contributed by atoms with Crippen LogP contribution in [0.4, 0.5) is 16.4 Å². The van der Waals surface area contributed by atoms with E-state index in [0.717, 1.165) is 16.8 Å². The van der Waals surface area contributed by atoms with E-state index in [2.05, 4.69) is 20.3 Å². The smallest absolute Gasteiger partial charge is 0.414 e. The van der Waals surface area contributed by atoms with Crippen molar-refractivity contribution in [2.45, 2.75) is 26.8 Å². The fraction of sp³-hybridized carbons (Fsp3) is 0.333. The molecule has 0 bridgehead atoms. The summed E-state index contributed by atoms with van der Waals surface area (Å²) < 4.78 is 5.09. The van der Waals surface area contributed by atoms with Gasteiger partial charge in [0.05, 0.1) is 23.0 Å². The van der Waals surface area contributed by atoms with E-state index in [1.807, 2.05) is 39.0 Å². The average Bonchev–Trinajstić information content (AvgIpc) is 2.97. The Balaban J connectivity index is 1.92. The SMILES string of the molecule is CCN=C(C)/C(=C\N)Nc1ncc2ccc(N3C(=O)OC[C@@H]3C)cc2n1. The van der Waals surface area contributed by atoms with Crippen LogP contribution in [0, 0.1) is 0 Å². The number of nitrogens with zero attached hydrogens (tertiary/aromatic N) is 4. The molecular formula is C18H22N6O2. The van der Waals surface area contributed by atoms with Crippen molar-refractivity contribution in [3.8, 4) is 0 Å². The summed E-state index contributed by atoms with van der Waals surface area (Å²) in [4.78, 5) is 26.7. The van der Waals surface area contributed by atoms with E-state index in [9.17, 15) is 4.79 Å². The number of amides is 1. The van der Waals surface area contributed by atoms with E-state index in [-0.39, 0.29) is 12.1 Å². The lowest BCUT2D eigenvalue weighted by molar-refractivity contribution is 0.179. The highest BCUT2D eigenvalue weighted by Gasteiger charge is 2.30. The minimum atomic E-state index is -0.344. The van der Waals surface area contributed by atoms with Crippen molar-refractivity contribution >= 4 is 34.3 Å². The highest BCUT2D eigenvalue weighted by molar-refractivity contribution is 6.00. The summed E-state index contributed by atoms with van der Waals surface area (Å²) in [7, 11) is 0. The first-order valence-corrected chi connectivity index (χ1v) is 8.46. The Hall–Kier alpha value is -3.16. The van der Waals surface area contributed by atoms with Crippen LogP contribution in [-0.4, -0.2) is 41.0 Å². The van der Waals surface area contributed by atoms with Gasteiger partial charge in [0.2, 0.25) is 5.95 Å². The molecule has 26 heavy (non-hydrogen) atoms. The van der Waals surface area contributed by atoms with E-state index in [0.29, 0.717) is 30.3 Å². The van der Waals surface area contributed by atoms with Gasteiger partial charge < -0.3 is 15.8 Å². The minimum Gasteiger partial charge on any atom is -0.447 e. The second kappa shape index (κ2) is 7.38. The predicted octanol–water partition coefficient (Wildman–Crippen LogP) is 2.67. The molecule has 8 nitrogen and oxygen atoms in total. The van der Waals surface area contributed by atoms with E-state index < -0.39 is 0 Å². The summed E-state index contributed by atoms with van der Waals surface area (Å²) in [5.41, 5.74) is 8.58. The fourth-order valence-corrected chi connectivity index (χ4v) is 2.79. The number of carbonyl (C=O) groups is 1. The second-order valence-electron chi connectivity index (χ2n) is 6.00. The number of rotatable bonds is 5. The zero-order valence-electron chi connectivity index (χ0n) is 15.1. The zero-order valence-corrected chi connectivity index (χ0v) is 15.1. The number of nitrogens with two attached hydrogens (primary N) is 1. The molecule has 1 saturated heterocycles. The fourth-order valence-electron chi connectivity index (χ4n) is 2.79. The lowest BCUT2D eigenvalue weighted by atomic mass is 10.2. The van der Waals surface area contributed by atoms with Crippen LogP contribution in [0.1, 0.15) is 20.8 Å². The van der Waals surface area contributed by atoms with Crippen LogP contribution in [-0.2, 0) is 4.74 Å². The quantitative estimate of drug-likeness (QED) is 0.800. The second-order valence-corrected chi connectivity index (χ2v) is 6.00. The number of aromatic nitrogens is 2. The van der Waals surface area contributed by atoms with Gasteiger partial charge in [0.1, 0.15) is 6.61 Å². The van der Waals surface area contributed by atoms with E-state index in [4.69, 9.17) is 10.5 Å². The summed E-state index contributed by atoms with van der Waals surface area (Å²) in [5, 5.41) is 3.96. The summed E-state index contributed by atoms with van der Waals surface area (Å²) in [6.07, 6.45) is 2.82. The summed E-state index contributed by atoms with van der Waals surface area (Å²) >= 11 is 0. The highest BCUT2D eigenvalue weighted by atomic mass is 16.6. The molecule has 1 aromatic heterocycles. The Morgan fingerprint density at radius 1 is 1.54 bits per heavy atom. The number of carbonyl (C=O) groups excluding carboxylic acids is 1. The number of anilines is 2. The van der Waals surface area contributed by atoms with Gasteiger partial charge in [0, 0.05) is 30.0 Å². The van der Waals surface area contributed by atoms with Gasteiger partial charge in [0.25, 0.3) is 0 Å². The highest BCUT2D eigenvalue weighted by Crippen LogP contribution is 2.26. The largest absolute Gasteiger partial charge is 0.447 e. The standard InChI is InChI=1S/C18H22N6O2/c1-4-20-12(3)16(8-19)23-17-21-9-13-5-6-14(7-15(13)22-17)24-11(2)10-26-18(24)25/h5-9,11H,4,10,19H2,1-3H3,(H,21,22,23)/b16-8+,20-12?/t11-/m0/s1. The first-order valence-electron chi connectivity index (χ1n) is 8.46. The number of allylic oxidation sites excluding steroid dienone is 1. The van der Waals surface area contributed by atoms with Crippen molar-refractivity contribution in [2.24, 2.45) is 10.7 Å². The topological polar surface area (TPSA) is 106 Å². The average molecular weight is 354 g/mol. The number of ether oxygens (including phenoxy) is 1. The third-order valence-electron chi connectivity index (χ3n) is 4.13. The number of benzene rings is 1. The van der Waals surface area contributed by atoms with E-state index in [1.165, 1.54) is 6.20 Å². The number of nitrogens with one attached hydrogen (secondary N) is 1. The maximum Gasteiger partial charge on any atom is 0.414 e. The molecule has 2 aromatic rings. The lowest BCUT2D eigenvalue weighted by Crippen LogP contribution is -2.30. The van der Waals surface area contributed by atoms with Gasteiger partial charge in [-0.25, -0.2) is 14.8 Å². The molecular weight excluding hydrogens is 332 g/mol. The van der Waals surface area contributed by atoms with Gasteiger partial charge >= 0.3 is 6.09 Å². The normalized spacial score (nSPS) is 18.3. The van der Waals surface area contributed by atoms with Gasteiger partial charge in [-0.05, 0) is 39.0 Å². The van der Waals surface area contributed by atoms with Crippen molar-refractivity contribution in [2.75, 3.05) is 23.4 Å². The Labute approximate surface area is 151 Å². The maximum atomic E-state index is 11.9. The van der Waals surface area contributed by atoms with Crippen molar-refractivity contribution < 1.29 is 9.53 Å². The summed E-state index contributed by atoms with van der Waals surface area (Å²) in [6, 6.07) is 5.59. The molecule has 0 aliphatic carbocycles. The summed E-state index contributed by atoms with van der Waals surface area (Å²) in [5.74, 6) is 0.411. The van der Waals surface area contributed by atoms with Gasteiger partial charge in [-0.3, -0.25) is 9.89 Å². The van der Waals surface area contributed by atoms with Crippen LogP contribution in [0.15, 0.2) is 41.3 Å². The Bertz CT molecular complexity index is 892. The number of aliphatic imine (C=N–C) groups is 1. The third-order valence-corrected chi connectivity index (χ3v) is 4.13. The van der Waals surface area contributed by atoms with Crippen LogP contribution in [0.3, 0.4) is 0 Å². The molecule has 136 valence electrons. The maximum absolute atomic E-state index is 11.9. The van der Waals surface area contributed by atoms with Crippen molar-refractivity contribution in [1.29, 1.82) is 0 Å². The molecule has 1 aromatic carbocycles. The molecule has 2 heterocycles. The Morgan fingerprint density at radius 2 is 2.35 bits per heavy atom. The molecule has 1 atom stereocenters. The molecule has 0 radical (unpaired) electrons. The molecule has 1 amide bonds. The van der Waals surface area contributed by atoms with Gasteiger partial charge in [-0.1, -0.05) is 0 Å². The van der Waals surface area contributed by atoms with E-state index >= 15 is 0 Å². The van der Waals surface area contributed by atoms with Crippen molar-refractivity contribution in [3.63, 3.8) is 0 Å². The first kappa shape index (κ1) is 17.7. The number of hydrogen-bond donors (Lipinski definition) is 2. The van der Waals surface area contributed by atoms with Gasteiger partial charge in [0.15, 0.2) is 0 Å². The molecule has 3 rings (SSSR count). The minimum absolute atomic E-state index is 0.0148. The molecule has 0 unspecified atom stereocenters. The molecule has 1 fully saturated rings. The number of fused-ring (bicyclic) bond motifs is 1. The van der Waals surface area contributed by atoms with Crippen LogP contribution in [0.2, 0.25) is 0 Å². The van der Waals surface area contributed by atoms with Gasteiger partial charge in [-0.15, -0.1) is 0 Å². The Morgan fingerprint density at radius 3 is 3.00 bits per heavy atom. The van der Waals surface area contributed by atoms with Gasteiger partial charge in [-0.2, -0.15) is 0 Å². The molecule has 1 aliphatic heterocycles. The number of hydrogen-bond acceptors (Lipinski definition) is 7. The van der Waals surface area contributed by atoms with Crippen molar-refractivity contribution in [1.82, 2.24) is 9.97 Å². The van der Waals surface area contributed by atoms with E-state index in [1.54, 1.807) is 11.1 Å². The molecule has 1 aliphatic rings. The van der Waals surface area contributed by atoms with Crippen LogP contribution in [0.5, 0.6) is 0 Å². The molecule has 3 N–H and O–H groups in total. The third kappa shape index (κ3) is 3.44. The molecule has 0 saturated carbocycles. The zero-order chi connectivity index (χ0) is 18.7. The summed E-state index contributed by atoms with van der Waals surface area (Å²) in [6.45, 7) is 6.81. The molecule has 8 heteroatoms.